The zero-order chi connectivity index (χ0) is 12.7. The predicted octanol–water partition coefficient (Wildman–Crippen LogP) is 0.508. The van der Waals surface area contributed by atoms with Gasteiger partial charge in [0, 0.05) is 38.2 Å². The summed E-state index contributed by atoms with van der Waals surface area (Å²) in [6, 6.07) is -0.573. The third-order valence-corrected chi connectivity index (χ3v) is 3.28. The smallest absolute Gasteiger partial charge is 0.241 e. The van der Waals surface area contributed by atoms with Gasteiger partial charge in [0.15, 0.2) is 0 Å². The number of likely N-dealkylation sites (N-methyl/N-ethyl adjacent to an activating group) is 1. The van der Waals surface area contributed by atoms with Crippen LogP contribution in [0.1, 0.15) is 11.9 Å². The number of hydrogen-bond acceptors (Lipinski definition) is 5. The fraction of sp³-hybridized carbons (Fsp3) is 0.636. The van der Waals surface area contributed by atoms with Gasteiger partial charge in [0.1, 0.15) is 6.04 Å². The molecule has 0 fully saturated rings. The highest BCUT2D eigenvalue weighted by Crippen LogP contribution is 2.06. The Kier molecular flexibility index (Phi) is 6.10. The molecule has 0 aliphatic heterocycles. The van der Waals surface area contributed by atoms with Crippen molar-refractivity contribution in [1.82, 2.24) is 9.88 Å². The van der Waals surface area contributed by atoms with Crippen LogP contribution in [0, 0.1) is 0 Å². The molecule has 0 aromatic carbocycles. The zero-order valence-electron chi connectivity index (χ0n) is 10.3. The van der Waals surface area contributed by atoms with Gasteiger partial charge in [-0.15, -0.1) is 11.3 Å². The predicted molar refractivity (Wildman–Crippen MR) is 67.9 cm³/mol. The second kappa shape index (κ2) is 7.37. The number of hydrogen-bond donors (Lipinski definition) is 1. The third-order valence-electron chi connectivity index (χ3n) is 2.44. The van der Waals surface area contributed by atoms with Gasteiger partial charge in [-0.2, -0.15) is 0 Å². The first kappa shape index (κ1) is 14.1. The number of amides is 1. The molecule has 0 saturated carbocycles. The number of aromatic nitrogens is 1. The van der Waals surface area contributed by atoms with Gasteiger partial charge in [-0.05, 0) is 6.92 Å². The second-order valence-corrected chi connectivity index (χ2v) is 4.63. The van der Waals surface area contributed by atoms with Gasteiger partial charge in [0.05, 0.1) is 11.6 Å². The average Bonchev–Trinajstić information content (AvgIpc) is 2.83. The van der Waals surface area contributed by atoms with Gasteiger partial charge in [-0.3, -0.25) is 4.79 Å². The molecule has 0 aliphatic rings. The van der Waals surface area contributed by atoms with Crippen molar-refractivity contribution in [1.29, 1.82) is 0 Å². The molecule has 1 aromatic heterocycles. The van der Waals surface area contributed by atoms with Gasteiger partial charge in [0.2, 0.25) is 5.91 Å². The SMILES string of the molecule is CCN(CCc1nccs1)C(=O)C(N)COC. The molecule has 1 amide bonds. The molecule has 0 radical (unpaired) electrons. The highest BCUT2D eigenvalue weighted by atomic mass is 32.1. The molecule has 0 spiro atoms. The molecule has 6 heteroatoms. The molecular weight excluding hydrogens is 238 g/mol. The van der Waals surface area contributed by atoms with Crippen LogP contribution >= 0.6 is 11.3 Å². The Hall–Kier alpha value is -0.980. The van der Waals surface area contributed by atoms with Crippen molar-refractivity contribution in [2.75, 3.05) is 26.8 Å². The third kappa shape index (κ3) is 4.41. The molecule has 5 nitrogen and oxygen atoms in total. The fourth-order valence-electron chi connectivity index (χ4n) is 1.52. The van der Waals surface area contributed by atoms with Crippen molar-refractivity contribution in [3.8, 4) is 0 Å². The van der Waals surface area contributed by atoms with Crippen LogP contribution in [0.2, 0.25) is 0 Å². The van der Waals surface area contributed by atoms with Crippen molar-refractivity contribution in [2.45, 2.75) is 19.4 Å². The van der Waals surface area contributed by atoms with E-state index >= 15 is 0 Å². The van der Waals surface area contributed by atoms with Crippen LogP contribution in [0.4, 0.5) is 0 Å². The summed E-state index contributed by atoms with van der Waals surface area (Å²) in [5.74, 6) is -0.0640. The number of carbonyl (C=O) groups is 1. The highest BCUT2D eigenvalue weighted by Gasteiger charge is 2.19. The van der Waals surface area contributed by atoms with Gasteiger partial charge >= 0.3 is 0 Å². The summed E-state index contributed by atoms with van der Waals surface area (Å²) in [6.07, 6.45) is 2.55. The highest BCUT2D eigenvalue weighted by molar-refractivity contribution is 7.09. The Morgan fingerprint density at radius 1 is 1.71 bits per heavy atom. The first-order valence-electron chi connectivity index (χ1n) is 5.60. The van der Waals surface area contributed by atoms with Crippen LogP contribution < -0.4 is 5.73 Å². The van der Waals surface area contributed by atoms with Crippen molar-refractivity contribution < 1.29 is 9.53 Å². The fourth-order valence-corrected chi connectivity index (χ4v) is 2.13. The molecule has 0 bridgehead atoms. The van der Waals surface area contributed by atoms with E-state index in [1.54, 1.807) is 29.5 Å². The van der Waals surface area contributed by atoms with Gasteiger partial charge < -0.3 is 15.4 Å². The van der Waals surface area contributed by atoms with E-state index in [9.17, 15) is 4.79 Å². The molecule has 1 heterocycles. The molecular formula is C11H19N3O2S. The van der Waals surface area contributed by atoms with Crippen LogP contribution in [0.3, 0.4) is 0 Å². The van der Waals surface area contributed by atoms with Crippen molar-refractivity contribution in [2.24, 2.45) is 5.73 Å². The van der Waals surface area contributed by atoms with E-state index in [-0.39, 0.29) is 12.5 Å². The Morgan fingerprint density at radius 3 is 3.00 bits per heavy atom. The molecule has 1 unspecified atom stereocenters. The van der Waals surface area contributed by atoms with E-state index in [1.165, 1.54) is 0 Å². The number of nitrogens with two attached hydrogens (primary N) is 1. The van der Waals surface area contributed by atoms with Crippen LogP contribution in [0.25, 0.3) is 0 Å². The number of methoxy groups -OCH3 is 1. The van der Waals surface area contributed by atoms with Gasteiger partial charge in [-0.25, -0.2) is 4.98 Å². The lowest BCUT2D eigenvalue weighted by molar-refractivity contribution is -0.133. The standard InChI is InChI=1S/C11H19N3O2S/c1-3-14(11(15)9(12)8-16-2)6-4-10-13-5-7-17-10/h5,7,9H,3-4,6,8,12H2,1-2H3. The average molecular weight is 257 g/mol. The lowest BCUT2D eigenvalue weighted by Crippen LogP contribution is -2.46. The molecule has 96 valence electrons. The van der Waals surface area contributed by atoms with E-state index in [0.29, 0.717) is 13.1 Å². The topological polar surface area (TPSA) is 68.5 Å². The zero-order valence-corrected chi connectivity index (χ0v) is 11.1. The molecule has 1 atom stereocenters. The molecule has 0 saturated heterocycles. The minimum Gasteiger partial charge on any atom is -0.383 e. The Labute approximate surface area is 106 Å². The largest absolute Gasteiger partial charge is 0.383 e. The summed E-state index contributed by atoms with van der Waals surface area (Å²) in [6.45, 7) is 3.51. The summed E-state index contributed by atoms with van der Waals surface area (Å²) < 4.78 is 4.89. The van der Waals surface area contributed by atoms with Crippen LogP contribution in [0.15, 0.2) is 11.6 Å². The lowest BCUT2D eigenvalue weighted by Gasteiger charge is -2.23. The second-order valence-electron chi connectivity index (χ2n) is 3.66. The van der Waals surface area contributed by atoms with Crippen LogP contribution in [-0.2, 0) is 16.0 Å². The lowest BCUT2D eigenvalue weighted by atomic mass is 10.2. The maximum atomic E-state index is 11.9. The van der Waals surface area contributed by atoms with Gasteiger partial charge in [-0.1, -0.05) is 0 Å². The number of rotatable bonds is 7. The van der Waals surface area contributed by atoms with Crippen molar-refractivity contribution in [3.05, 3.63) is 16.6 Å². The van der Waals surface area contributed by atoms with Crippen molar-refractivity contribution >= 4 is 17.2 Å². The molecule has 17 heavy (non-hydrogen) atoms. The Bertz CT molecular complexity index is 329. The first-order valence-corrected chi connectivity index (χ1v) is 6.48. The minimum atomic E-state index is -0.573. The molecule has 1 rings (SSSR count). The molecule has 1 aromatic rings. The van der Waals surface area contributed by atoms with E-state index in [1.807, 2.05) is 12.3 Å². The number of thiazole rings is 1. The minimum absolute atomic E-state index is 0.0640. The summed E-state index contributed by atoms with van der Waals surface area (Å²) in [5.41, 5.74) is 5.72. The summed E-state index contributed by atoms with van der Waals surface area (Å²) in [4.78, 5) is 17.9. The summed E-state index contributed by atoms with van der Waals surface area (Å²) in [7, 11) is 1.54. The molecule has 2 N–H and O–H groups in total. The number of ether oxygens (including phenoxy) is 1. The summed E-state index contributed by atoms with van der Waals surface area (Å²) in [5, 5.41) is 2.97. The maximum Gasteiger partial charge on any atom is 0.241 e. The maximum absolute atomic E-state index is 11.9. The van der Waals surface area contributed by atoms with Crippen molar-refractivity contribution in [3.63, 3.8) is 0 Å². The normalized spacial score (nSPS) is 12.4. The van der Waals surface area contributed by atoms with E-state index in [4.69, 9.17) is 10.5 Å². The van der Waals surface area contributed by atoms with E-state index < -0.39 is 6.04 Å². The Morgan fingerprint density at radius 2 is 2.47 bits per heavy atom. The van der Waals surface area contributed by atoms with E-state index in [2.05, 4.69) is 4.98 Å². The van der Waals surface area contributed by atoms with Crippen LogP contribution in [0.5, 0.6) is 0 Å². The first-order chi connectivity index (χ1) is 8.19. The summed E-state index contributed by atoms with van der Waals surface area (Å²) >= 11 is 1.60. The number of nitrogens with zero attached hydrogens (tertiary/aromatic N) is 2. The Balaban J connectivity index is 2.44. The molecule has 0 aliphatic carbocycles. The quantitative estimate of drug-likeness (QED) is 0.772. The monoisotopic (exact) mass is 257 g/mol. The number of carbonyl (C=O) groups excluding carboxylic acids is 1. The van der Waals surface area contributed by atoms with E-state index in [0.717, 1.165) is 11.4 Å². The van der Waals surface area contributed by atoms with Gasteiger partial charge in [0.25, 0.3) is 0 Å². The van der Waals surface area contributed by atoms with Crippen LogP contribution in [-0.4, -0.2) is 48.6 Å².